The molecule has 0 atom stereocenters. The molecule has 1 aromatic carbocycles. The lowest BCUT2D eigenvalue weighted by atomic mass is 9.98. The average Bonchev–Trinajstić information content (AvgIpc) is 3.33. The standard InChI is InChI=1S/C25H35N3O4S/c1-19-8-13-27(14-9-19)23-6-5-21(25(29)26-12-7-22-4-3-17-32-22)18-24(23)33(30,31)28-15-10-20(2)11-16-28/h3-6,17-20H,7-16H2,1-2H3,(H,26,29). The van der Waals surface area contributed by atoms with Crippen LogP contribution in [0.3, 0.4) is 0 Å². The number of piperidine rings is 2. The smallest absolute Gasteiger partial charge is 0.251 e. The molecule has 0 radical (unpaired) electrons. The number of benzene rings is 1. The molecule has 2 aromatic rings. The molecule has 2 aliphatic heterocycles. The van der Waals surface area contributed by atoms with Gasteiger partial charge >= 0.3 is 0 Å². The summed E-state index contributed by atoms with van der Waals surface area (Å²) >= 11 is 0. The maximum absolute atomic E-state index is 13.7. The Balaban J connectivity index is 1.58. The van der Waals surface area contributed by atoms with Crippen molar-refractivity contribution in [2.45, 2.75) is 50.8 Å². The van der Waals surface area contributed by atoms with Gasteiger partial charge in [0, 0.05) is 44.7 Å². The van der Waals surface area contributed by atoms with Crippen molar-refractivity contribution in [2.24, 2.45) is 11.8 Å². The molecule has 2 aliphatic rings. The summed E-state index contributed by atoms with van der Waals surface area (Å²) in [4.78, 5) is 15.3. The van der Waals surface area contributed by atoms with E-state index >= 15 is 0 Å². The molecule has 7 nitrogen and oxygen atoms in total. The first kappa shape index (κ1) is 23.8. The maximum atomic E-state index is 13.7. The number of nitrogens with one attached hydrogen (secondary N) is 1. The van der Waals surface area contributed by atoms with Crippen LogP contribution in [-0.4, -0.2) is 51.4 Å². The number of carbonyl (C=O) groups is 1. The highest BCUT2D eigenvalue weighted by Crippen LogP contribution is 2.33. The summed E-state index contributed by atoms with van der Waals surface area (Å²) in [6.45, 7) is 7.53. The summed E-state index contributed by atoms with van der Waals surface area (Å²) in [5, 5.41) is 2.89. The fourth-order valence-electron chi connectivity index (χ4n) is 4.59. The quantitative estimate of drug-likeness (QED) is 0.659. The van der Waals surface area contributed by atoms with E-state index in [1.807, 2.05) is 18.2 Å². The van der Waals surface area contributed by atoms with E-state index in [0.717, 1.165) is 44.5 Å². The Morgan fingerprint density at radius 1 is 1.03 bits per heavy atom. The maximum Gasteiger partial charge on any atom is 0.251 e. The second kappa shape index (κ2) is 10.3. The van der Waals surface area contributed by atoms with E-state index in [1.165, 1.54) is 0 Å². The Labute approximate surface area is 197 Å². The number of furan rings is 1. The van der Waals surface area contributed by atoms with Crippen LogP contribution in [0.2, 0.25) is 0 Å². The van der Waals surface area contributed by atoms with Gasteiger partial charge in [-0.2, -0.15) is 4.31 Å². The molecule has 1 N–H and O–H groups in total. The Morgan fingerprint density at radius 3 is 2.33 bits per heavy atom. The summed E-state index contributed by atoms with van der Waals surface area (Å²) in [7, 11) is -3.69. The number of nitrogens with zero attached hydrogens (tertiary/aromatic N) is 2. The van der Waals surface area contributed by atoms with Gasteiger partial charge in [-0.05, 0) is 67.9 Å². The van der Waals surface area contributed by atoms with Crippen LogP contribution in [0.4, 0.5) is 5.69 Å². The lowest BCUT2D eigenvalue weighted by molar-refractivity contribution is 0.0953. The second-order valence-electron chi connectivity index (χ2n) is 9.52. The minimum absolute atomic E-state index is 0.255. The van der Waals surface area contributed by atoms with Crippen molar-refractivity contribution in [2.75, 3.05) is 37.6 Å². The molecular weight excluding hydrogens is 438 g/mol. The van der Waals surface area contributed by atoms with E-state index in [0.29, 0.717) is 49.1 Å². The van der Waals surface area contributed by atoms with Gasteiger partial charge in [-0.15, -0.1) is 0 Å². The Morgan fingerprint density at radius 2 is 1.70 bits per heavy atom. The molecule has 2 saturated heterocycles. The highest BCUT2D eigenvalue weighted by Gasteiger charge is 2.32. The van der Waals surface area contributed by atoms with Crippen molar-refractivity contribution in [3.05, 3.63) is 47.9 Å². The van der Waals surface area contributed by atoms with Crippen LogP contribution in [0, 0.1) is 11.8 Å². The number of hydrogen-bond donors (Lipinski definition) is 1. The highest BCUT2D eigenvalue weighted by molar-refractivity contribution is 7.89. The molecule has 0 spiro atoms. The van der Waals surface area contributed by atoms with E-state index in [9.17, 15) is 13.2 Å². The van der Waals surface area contributed by atoms with Crippen LogP contribution in [0.25, 0.3) is 0 Å². The monoisotopic (exact) mass is 473 g/mol. The number of carbonyl (C=O) groups excluding carboxylic acids is 1. The minimum Gasteiger partial charge on any atom is -0.469 e. The van der Waals surface area contributed by atoms with Crippen molar-refractivity contribution < 1.29 is 17.6 Å². The third kappa shape index (κ3) is 5.61. The van der Waals surface area contributed by atoms with Crippen LogP contribution < -0.4 is 10.2 Å². The SMILES string of the molecule is CC1CCN(c2ccc(C(=O)NCCc3ccco3)cc2S(=O)(=O)N2CCC(C)CC2)CC1. The zero-order valence-electron chi connectivity index (χ0n) is 19.6. The Bertz CT molecular complexity index is 1040. The molecule has 8 heteroatoms. The van der Waals surface area contributed by atoms with Crippen LogP contribution in [0.5, 0.6) is 0 Å². The van der Waals surface area contributed by atoms with Gasteiger partial charge in [-0.25, -0.2) is 8.42 Å². The Kier molecular flexibility index (Phi) is 7.44. The number of anilines is 1. The highest BCUT2D eigenvalue weighted by atomic mass is 32.2. The van der Waals surface area contributed by atoms with Gasteiger partial charge in [-0.1, -0.05) is 13.8 Å². The van der Waals surface area contributed by atoms with Crippen LogP contribution in [-0.2, 0) is 16.4 Å². The number of sulfonamides is 1. The van der Waals surface area contributed by atoms with E-state index in [4.69, 9.17) is 4.42 Å². The van der Waals surface area contributed by atoms with Crippen molar-refractivity contribution in [1.82, 2.24) is 9.62 Å². The largest absolute Gasteiger partial charge is 0.469 e. The van der Waals surface area contributed by atoms with Gasteiger partial charge in [0.05, 0.1) is 12.0 Å². The normalized spacial score (nSPS) is 19.0. The third-order valence-corrected chi connectivity index (χ3v) is 8.87. The predicted molar refractivity (Wildman–Crippen MR) is 129 cm³/mol. The van der Waals surface area contributed by atoms with Crippen molar-refractivity contribution in [3.63, 3.8) is 0 Å². The number of amides is 1. The molecule has 180 valence electrons. The topological polar surface area (TPSA) is 82.9 Å². The molecule has 0 unspecified atom stereocenters. The number of rotatable bonds is 7. The van der Waals surface area contributed by atoms with E-state index in [2.05, 4.69) is 24.1 Å². The first-order valence-corrected chi connectivity index (χ1v) is 13.5. The molecular formula is C25H35N3O4S. The fourth-order valence-corrected chi connectivity index (χ4v) is 6.30. The molecule has 3 heterocycles. The molecule has 0 aliphatic carbocycles. The van der Waals surface area contributed by atoms with Gasteiger partial charge in [0.15, 0.2) is 0 Å². The zero-order chi connectivity index (χ0) is 23.4. The van der Waals surface area contributed by atoms with Crippen LogP contribution >= 0.6 is 0 Å². The third-order valence-electron chi connectivity index (χ3n) is 6.94. The molecule has 0 saturated carbocycles. The first-order valence-electron chi connectivity index (χ1n) is 12.0. The van der Waals surface area contributed by atoms with E-state index < -0.39 is 10.0 Å². The van der Waals surface area contributed by atoms with Crippen LogP contribution in [0.15, 0.2) is 45.9 Å². The average molecular weight is 474 g/mol. The zero-order valence-corrected chi connectivity index (χ0v) is 20.4. The first-order chi connectivity index (χ1) is 15.8. The van der Waals surface area contributed by atoms with Gasteiger partial charge in [0.25, 0.3) is 5.91 Å². The number of hydrogen-bond acceptors (Lipinski definition) is 5. The molecule has 1 amide bonds. The minimum atomic E-state index is -3.69. The summed E-state index contributed by atoms with van der Waals surface area (Å²) < 4.78 is 34.3. The van der Waals surface area contributed by atoms with Gasteiger partial charge < -0.3 is 14.6 Å². The fraction of sp³-hybridized carbons (Fsp3) is 0.560. The van der Waals surface area contributed by atoms with Crippen LogP contribution in [0.1, 0.15) is 55.6 Å². The predicted octanol–water partition coefficient (Wildman–Crippen LogP) is 3.91. The lowest BCUT2D eigenvalue weighted by Crippen LogP contribution is -2.40. The molecule has 33 heavy (non-hydrogen) atoms. The Hall–Kier alpha value is -2.32. The van der Waals surface area contributed by atoms with Crippen molar-refractivity contribution in [3.8, 4) is 0 Å². The molecule has 1 aromatic heterocycles. The summed E-state index contributed by atoms with van der Waals surface area (Å²) in [6.07, 6.45) is 5.99. The summed E-state index contributed by atoms with van der Waals surface area (Å²) in [5.41, 5.74) is 1.08. The summed E-state index contributed by atoms with van der Waals surface area (Å²) in [6, 6.07) is 8.81. The van der Waals surface area contributed by atoms with Gasteiger partial charge in [0.1, 0.15) is 10.7 Å². The van der Waals surface area contributed by atoms with Gasteiger partial charge in [0.2, 0.25) is 10.0 Å². The molecule has 0 bridgehead atoms. The second-order valence-corrected chi connectivity index (χ2v) is 11.4. The van der Waals surface area contributed by atoms with Crippen molar-refractivity contribution in [1.29, 1.82) is 0 Å². The lowest BCUT2D eigenvalue weighted by Gasteiger charge is -2.35. The molecule has 4 rings (SSSR count). The van der Waals surface area contributed by atoms with Crippen molar-refractivity contribution >= 4 is 21.6 Å². The van der Waals surface area contributed by atoms with E-state index in [-0.39, 0.29) is 10.8 Å². The molecule has 2 fully saturated rings. The van der Waals surface area contributed by atoms with Gasteiger partial charge in [-0.3, -0.25) is 4.79 Å². The summed E-state index contributed by atoms with van der Waals surface area (Å²) in [5.74, 6) is 1.70. The van der Waals surface area contributed by atoms with E-state index in [1.54, 1.807) is 22.7 Å².